The largest absolute Gasteiger partial charge is 0.461 e. The smallest absolute Gasteiger partial charge is 0.328 e. The van der Waals surface area contributed by atoms with E-state index in [2.05, 4.69) is 31.3 Å². The number of imidazole rings is 1. The molecule has 1 aliphatic heterocycles. The first-order valence-corrected chi connectivity index (χ1v) is 11.3. The molecule has 11 heteroatoms. The third kappa shape index (κ3) is 4.11. The van der Waals surface area contributed by atoms with Crippen molar-refractivity contribution in [2.75, 3.05) is 11.4 Å². The molecular formula is C21H20ClN7O2S. The number of halogens is 1. The van der Waals surface area contributed by atoms with Crippen molar-refractivity contribution in [3.8, 4) is 16.5 Å². The third-order valence-electron chi connectivity index (χ3n) is 4.96. The molecule has 0 saturated heterocycles. The molecule has 1 atom stereocenters. The van der Waals surface area contributed by atoms with E-state index in [1.165, 1.54) is 11.3 Å². The molecule has 32 heavy (non-hydrogen) atoms. The van der Waals surface area contributed by atoms with Gasteiger partial charge in [0.25, 0.3) is 5.19 Å². The van der Waals surface area contributed by atoms with Crippen LogP contribution in [0.4, 0.5) is 6.01 Å². The van der Waals surface area contributed by atoms with Crippen molar-refractivity contribution in [1.29, 1.82) is 0 Å². The van der Waals surface area contributed by atoms with Crippen molar-refractivity contribution in [3.63, 3.8) is 0 Å². The lowest BCUT2D eigenvalue weighted by Gasteiger charge is -2.21. The first-order valence-electron chi connectivity index (χ1n) is 10.1. The highest BCUT2D eigenvalue weighted by Gasteiger charge is 2.19. The van der Waals surface area contributed by atoms with E-state index < -0.39 is 0 Å². The maximum atomic E-state index is 6.06. The summed E-state index contributed by atoms with van der Waals surface area (Å²) in [5.74, 6) is 0.920. The topological polar surface area (TPSA) is 94.5 Å². The van der Waals surface area contributed by atoms with Crippen LogP contribution in [-0.4, -0.2) is 42.4 Å². The molecule has 0 N–H and O–H groups in total. The lowest BCUT2D eigenvalue weighted by atomic mass is 10.1. The van der Waals surface area contributed by atoms with Crippen LogP contribution in [-0.2, 0) is 0 Å². The molecule has 1 aliphatic rings. The number of fused-ring (bicyclic) bond motifs is 1. The van der Waals surface area contributed by atoms with E-state index in [-0.39, 0.29) is 12.0 Å². The quantitative estimate of drug-likeness (QED) is 0.374. The molecule has 0 aliphatic carbocycles. The van der Waals surface area contributed by atoms with Gasteiger partial charge in [-0.05, 0) is 42.0 Å². The minimum atomic E-state index is -0.168. The van der Waals surface area contributed by atoms with Gasteiger partial charge in [0.15, 0.2) is 5.82 Å². The summed E-state index contributed by atoms with van der Waals surface area (Å²) < 4.78 is 13.1. The van der Waals surface area contributed by atoms with Crippen molar-refractivity contribution >= 4 is 33.9 Å². The van der Waals surface area contributed by atoms with Gasteiger partial charge in [-0.1, -0.05) is 36.7 Å². The molecular weight excluding hydrogens is 450 g/mol. The summed E-state index contributed by atoms with van der Waals surface area (Å²) in [6, 6.07) is 4.11. The number of aromatic nitrogens is 6. The number of nitrogens with zero attached hydrogens (tertiary/aromatic N) is 7. The predicted octanol–water partition coefficient (Wildman–Crippen LogP) is 4.74. The Morgan fingerprint density at radius 3 is 2.75 bits per heavy atom. The minimum Gasteiger partial charge on any atom is -0.461 e. The third-order valence-corrected chi connectivity index (χ3v) is 6.00. The first-order chi connectivity index (χ1) is 15.5. The molecule has 5 heterocycles. The van der Waals surface area contributed by atoms with Gasteiger partial charge in [0.1, 0.15) is 11.3 Å². The molecule has 164 valence electrons. The van der Waals surface area contributed by atoms with E-state index in [0.29, 0.717) is 28.7 Å². The lowest BCUT2D eigenvalue weighted by molar-refractivity contribution is 0.256. The average molecular weight is 470 g/mol. The molecule has 0 amide bonds. The van der Waals surface area contributed by atoms with Crippen LogP contribution in [0.2, 0.25) is 5.15 Å². The van der Waals surface area contributed by atoms with Crippen LogP contribution in [0, 0.1) is 0 Å². The van der Waals surface area contributed by atoms with Gasteiger partial charge in [0, 0.05) is 30.4 Å². The molecule has 4 aromatic rings. The van der Waals surface area contributed by atoms with Crippen molar-refractivity contribution in [2.24, 2.45) is 0 Å². The van der Waals surface area contributed by atoms with Gasteiger partial charge in [-0.25, -0.2) is 14.5 Å². The summed E-state index contributed by atoms with van der Waals surface area (Å²) in [6.07, 6.45) is 9.36. The Labute approximate surface area is 193 Å². The standard InChI is InChI=1S/C21H20ClN7O2S/c1-12(2)18-25-19(31-27-18)28-8-6-14(7-9-28)13(3)30-21-26-29-11-16(24-20(29)32-21)15-4-5-17(22)23-10-15/h4-8,10-13H,9H2,1-3H3. The summed E-state index contributed by atoms with van der Waals surface area (Å²) in [5.41, 5.74) is 2.71. The molecule has 0 fully saturated rings. The van der Waals surface area contributed by atoms with E-state index in [1.54, 1.807) is 16.8 Å². The van der Waals surface area contributed by atoms with Crippen LogP contribution >= 0.6 is 22.9 Å². The molecule has 0 saturated carbocycles. The lowest BCUT2D eigenvalue weighted by Crippen LogP contribution is -2.23. The Bertz CT molecular complexity index is 1270. The van der Waals surface area contributed by atoms with Gasteiger partial charge in [0.2, 0.25) is 4.96 Å². The first kappa shape index (κ1) is 20.7. The zero-order chi connectivity index (χ0) is 22.2. The van der Waals surface area contributed by atoms with E-state index in [1.807, 2.05) is 50.2 Å². The van der Waals surface area contributed by atoms with Crippen LogP contribution in [0.25, 0.3) is 16.2 Å². The van der Waals surface area contributed by atoms with Crippen molar-refractivity contribution in [3.05, 3.63) is 59.4 Å². The molecule has 4 aromatic heterocycles. The minimum absolute atomic E-state index is 0.168. The summed E-state index contributed by atoms with van der Waals surface area (Å²) in [5, 5.41) is 9.52. The van der Waals surface area contributed by atoms with Crippen LogP contribution in [0.3, 0.4) is 0 Å². The highest BCUT2D eigenvalue weighted by molar-refractivity contribution is 7.18. The van der Waals surface area contributed by atoms with Gasteiger partial charge in [-0.3, -0.25) is 4.90 Å². The predicted molar refractivity (Wildman–Crippen MR) is 122 cm³/mol. The normalized spacial score (nSPS) is 14.9. The highest BCUT2D eigenvalue weighted by Crippen LogP contribution is 2.28. The molecule has 0 radical (unpaired) electrons. The maximum absolute atomic E-state index is 6.06. The van der Waals surface area contributed by atoms with Gasteiger partial charge >= 0.3 is 6.01 Å². The highest BCUT2D eigenvalue weighted by atomic mass is 35.5. The van der Waals surface area contributed by atoms with Crippen LogP contribution < -0.4 is 9.64 Å². The van der Waals surface area contributed by atoms with Crippen LogP contribution in [0.5, 0.6) is 5.19 Å². The molecule has 0 aromatic carbocycles. The molecule has 1 unspecified atom stereocenters. The summed E-state index contributed by atoms with van der Waals surface area (Å²) >= 11 is 7.24. The number of hydrogen-bond acceptors (Lipinski definition) is 9. The van der Waals surface area contributed by atoms with Crippen molar-refractivity contribution in [1.82, 2.24) is 29.7 Å². The zero-order valence-electron chi connectivity index (χ0n) is 17.6. The van der Waals surface area contributed by atoms with E-state index in [0.717, 1.165) is 21.8 Å². The van der Waals surface area contributed by atoms with Crippen LogP contribution in [0.15, 0.2) is 53.0 Å². The second kappa shape index (κ2) is 8.36. The Hall–Kier alpha value is -3.24. The SMILES string of the molecule is CC(Oc1nn2cc(-c3ccc(Cl)nc3)nc2s1)C1=CCN(c2nc(C(C)C)no2)C=C1. The second-order valence-corrected chi connectivity index (χ2v) is 8.92. The van der Waals surface area contributed by atoms with Gasteiger partial charge in [0.05, 0.1) is 11.9 Å². The molecule has 9 nitrogen and oxygen atoms in total. The van der Waals surface area contributed by atoms with E-state index >= 15 is 0 Å². The molecule has 0 spiro atoms. The fourth-order valence-corrected chi connectivity index (χ4v) is 4.07. The average Bonchev–Trinajstić information content (AvgIpc) is 3.49. The van der Waals surface area contributed by atoms with Crippen molar-refractivity contribution < 1.29 is 9.26 Å². The van der Waals surface area contributed by atoms with Gasteiger partial charge in [-0.15, -0.1) is 5.10 Å². The Morgan fingerprint density at radius 1 is 1.22 bits per heavy atom. The maximum Gasteiger partial charge on any atom is 0.328 e. The number of rotatable bonds is 6. The van der Waals surface area contributed by atoms with Crippen molar-refractivity contribution in [2.45, 2.75) is 32.8 Å². The fraction of sp³-hybridized carbons (Fsp3) is 0.286. The summed E-state index contributed by atoms with van der Waals surface area (Å²) in [6.45, 7) is 6.68. The number of anilines is 1. The van der Waals surface area contributed by atoms with E-state index in [9.17, 15) is 0 Å². The zero-order valence-corrected chi connectivity index (χ0v) is 19.2. The Balaban J connectivity index is 1.24. The van der Waals surface area contributed by atoms with E-state index in [4.69, 9.17) is 20.9 Å². The number of ether oxygens (including phenoxy) is 1. The Morgan fingerprint density at radius 2 is 2.09 bits per heavy atom. The Kier molecular flexibility index (Phi) is 5.40. The van der Waals surface area contributed by atoms with Crippen LogP contribution in [0.1, 0.15) is 32.5 Å². The summed E-state index contributed by atoms with van der Waals surface area (Å²) in [4.78, 5) is 15.8. The number of pyridine rings is 1. The molecule has 0 bridgehead atoms. The van der Waals surface area contributed by atoms with Gasteiger partial charge in [-0.2, -0.15) is 4.98 Å². The second-order valence-electron chi connectivity index (χ2n) is 7.61. The summed E-state index contributed by atoms with van der Waals surface area (Å²) in [7, 11) is 0. The number of hydrogen-bond donors (Lipinski definition) is 0. The fourth-order valence-electron chi connectivity index (χ4n) is 3.14. The van der Waals surface area contributed by atoms with Gasteiger partial charge < -0.3 is 9.26 Å². The molecule has 5 rings (SSSR count). The monoisotopic (exact) mass is 469 g/mol.